The molecular weight excluding hydrogens is 424 g/mol. The number of para-hydroxylation sites is 3. The third-order valence-electron chi connectivity index (χ3n) is 5.08. The van der Waals surface area contributed by atoms with Gasteiger partial charge in [-0.3, -0.25) is 9.10 Å². The molecule has 0 bridgehead atoms. The van der Waals surface area contributed by atoms with Crippen LogP contribution in [0.4, 0.5) is 11.4 Å². The molecule has 0 aliphatic rings. The first-order valence-corrected chi connectivity index (χ1v) is 11.9. The van der Waals surface area contributed by atoms with Crippen molar-refractivity contribution < 1.29 is 17.9 Å². The second-order valence-corrected chi connectivity index (χ2v) is 9.40. The van der Waals surface area contributed by atoms with E-state index in [1.54, 1.807) is 48.5 Å². The van der Waals surface area contributed by atoms with Gasteiger partial charge < -0.3 is 10.1 Å². The van der Waals surface area contributed by atoms with E-state index in [4.69, 9.17) is 4.74 Å². The normalized spacial score (nSPS) is 11.1. The number of rotatable bonds is 8. The van der Waals surface area contributed by atoms with Crippen molar-refractivity contribution in [1.29, 1.82) is 0 Å². The maximum atomic E-state index is 13.6. The molecule has 0 aliphatic heterocycles. The number of nitrogens with zero attached hydrogens (tertiary/aromatic N) is 1. The molecule has 0 spiro atoms. The van der Waals surface area contributed by atoms with Crippen LogP contribution in [0.25, 0.3) is 0 Å². The zero-order valence-electron chi connectivity index (χ0n) is 18.8. The zero-order valence-corrected chi connectivity index (χ0v) is 19.6. The summed E-state index contributed by atoms with van der Waals surface area (Å²) in [6.07, 6.45) is 0. The number of ether oxygens (including phenoxy) is 1. The van der Waals surface area contributed by atoms with Crippen LogP contribution in [0.5, 0.6) is 5.75 Å². The van der Waals surface area contributed by atoms with Gasteiger partial charge >= 0.3 is 0 Å². The first-order chi connectivity index (χ1) is 15.2. The topological polar surface area (TPSA) is 75.7 Å². The summed E-state index contributed by atoms with van der Waals surface area (Å²) in [6.45, 7) is 7.47. The van der Waals surface area contributed by atoms with Gasteiger partial charge in [-0.2, -0.15) is 0 Å². The summed E-state index contributed by atoms with van der Waals surface area (Å²) in [4.78, 5) is 13.1. The molecule has 0 atom stereocenters. The van der Waals surface area contributed by atoms with E-state index in [1.807, 2.05) is 45.9 Å². The average Bonchev–Trinajstić information content (AvgIpc) is 2.76. The van der Waals surface area contributed by atoms with Gasteiger partial charge in [0, 0.05) is 5.69 Å². The molecule has 0 unspecified atom stereocenters. The van der Waals surface area contributed by atoms with Crippen molar-refractivity contribution in [2.24, 2.45) is 0 Å². The molecule has 7 heteroatoms. The predicted molar refractivity (Wildman–Crippen MR) is 128 cm³/mol. The number of amides is 1. The summed E-state index contributed by atoms with van der Waals surface area (Å²) < 4.78 is 34.0. The summed E-state index contributed by atoms with van der Waals surface area (Å²) in [6, 6.07) is 19.1. The number of sulfonamides is 1. The smallest absolute Gasteiger partial charge is 0.264 e. The molecular formula is C25H28N2O4S. The Hall–Kier alpha value is -3.32. The van der Waals surface area contributed by atoms with Gasteiger partial charge in [0.05, 0.1) is 17.2 Å². The van der Waals surface area contributed by atoms with Crippen LogP contribution >= 0.6 is 0 Å². The molecule has 0 aromatic heterocycles. The Balaban J connectivity index is 2.03. The molecule has 3 rings (SSSR count). The van der Waals surface area contributed by atoms with Gasteiger partial charge in [-0.25, -0.2) is 8.42 Å². The van der Waals surface area contributed by atoms with E-state index in [2.05, 4.69) is 5.32 Å². The number of hydrogen-bond donors (Lipinski definition) is 1. The van der Waals surface area contributed by atoms with Crippen LogP contribution in [0.15, 0.2) is 71.6 Å². The molecule has 168 valence electrons. The van der Waals surface area contributed by atoms with Crippen molar-refractivity contribution in [2.45, 2.75) is 32.6 Å². The fourth-order valence-corrected chi connectivity index (χ4v) is 4.83. The van der Waals surface area contributed by atoms with Crippen molar-refractivity contribution in [3.63, 3.8) is 0 Å². The highest BCUT2D eigenvalue weighted by molar-refractivity contribution is 7.92. The Kier molecular flexibility index (Phi) is 7.20. The highest BCUT2D eigenvalue weighted by atomic mass is 32.2. The minimum atomic E-state index is -4.03. The minimum absolute atomic E-state index is 0.106. The Morgan fingerprint density at radius 3 is 2.16 bits per heavy atom. The van der Waals surface area contributed by atoms with Gasteiger partial charge in [-0.15, -0.1) is 0 Å². The average molecular weight is 453 g/mol. The Morgan fingerprint density at radius 1 is 0.906 bits per heavy atom. The van der Waals surface area contributed by atoms with Gasteiger partial charge in [0.2, 0.25) is 5.91 Å². The second-order valence-electron chi connectivity index (χ2n) is 7.54. The Bertz CT molecular complexity index is 1180. The summed E-state index contributed by atoms with van der Waals surface area (Å²) in [5, 5.41) is 2.88. The highest BCUT2D eigenvalue weighted by Crippen LogP contribution is 2.32. The van der Waals surface area contributed by atoms with E-state index >= 15 is 0 Å². The number of hydrogen-bond acceptors (Lipinski definition) is 4. The van der Waals surface area contributed by atoms with E-state index in [0.29, 0.717) is 23.7 Å². The van der Waals surface area contributed by atoms with Gasteiger partial charge in [0.15, 0.2) is 0 Å². The van der Waals surface area contributed by atoms with Gasteiger partial charge in [-0.05, 0) is 63.1 Å². The first kappa shape index (κ1) is 23.3. The van der Waals surface area contributed by atoms with Crippen LogP contribution in [-0.4, -0.2) is 27.5 Å². The zero-order chi connectivity index (χ0) is 23.3. The van der Waals surface area contributed by atoms with E-state index in [1.165, 1.54) is 0 Å². The van der Waals surface area contributed by atoms with Crippen molar-refractivity contribution >= 4 is 27.3 Å². The number of anilines is 2. The van der Waals surface area contributed by atoms with Crippen LogP contribution in [0.1, 0.15) is 23.6 Å². The quantitative estimate of drug-likeness (QED) is 0.530. The maximum Gasteiger partial charge on any atom is 0.264 e. The fourth-order valence-electron chi connectivity index (χ4n) is 3.40. The van der Waals surface area contributed by atoms with Crippen LogP contribution in [-0.2, 0) is 14.8 Å². The molecule has 1 amide bonds. The van der Waals surface area contributed by atoms with Gasteiger partial charge in [0.1, 0.15) is 12.3 Å². The molecule has 6 nitrogen and oxygen atoms in total. The molecule has 0 fully saturated rings. The minimum Gasteiger partial charge on any atom is -0.492 e. The molecule has 32 heavy (non-hydrogen) atoms. The SMILES string of the molecule is CCOc1ccccc1N(CC(=O)Nc1c(C)cccc1C)S(=O)(=O)c1ccc(C)cc1. The lowest BCUT2D eigenvalue weighted by Crippen LogP contribution is -2.38. The molecule has 0 saturated heterocycles. The molecule has 0 aliphatic carbocycles. The lowest BCUT2D eigenvalue weighted by molar-refractivity contribution is -0.114. The van der Waals surface area contributed by atoms with Crippen molar-refractivity contribution in [3.8, 4) is 5.75 Å². The largest absolute Gasteiger partial charge is 0.492 e. The third kappa shape index (κ3) is 5.11. The van der Waals surface area contributed by atoms with Crippen LogP contribution < -0.4 is 14.4 Å². The second kappa shape index (κ2) is 9.87. The van der Waals surface area contributed by atoms with Crippen molar-refractivity contribution in [1.82, 2.24) is 0 Å². The number of benzene rings is 3. The lowest BCUT2D eigenvalue weighted by atomic mass is 10.1. The summed E-state index contributed by atoms with van der Waals surface area (Å²) >= 11 is 0. The number of carbonyl (C=O) groups is 1. The van der Waals surface area contributed by atoms with Crippen LogP contribution in [0, 0.1) is 20.8 Å². The van der Waals surface area contributed by atoms with E-state index in [9.17, 15) is 13.2 Å². The van der Waals surface area contributed by atoms with Crippen molar-refractivity contribution in [3.05, 3.63) is 83.4 Å². The monoisotopic (exact) mass is 452 g/mol. The van der Waals surface area contributed by atoms with Crippen LogP contribution in [0.3, 0.4) is 0 Å². The van der Waals surface area contributed by atoms with E-state index in [-0.39, 0.29) is 4.90 Å². The van der Waals surface area contributed by atoms with Crippen LogP contribution in [0.2, 0.25) is 0 Å². The number of carbonyl (C=O) groups excluding carboxylic acids is 1. The van der Waals surface area contributed by atoms with Crippen molar-refractivity contribution in [2.75, 3.05) is 22.8 Å². The summed E-state index contributed by atoms with van der Waals surface area (Å²) in [5.41, 5.74) is 3.75. The molecule has 0 saturated carbocycles. The standard InChI is InChI=1S/C25H28N2O4S/c1-5-31-23-12-7-6-11-22(23)27(32(29,30)21-15-13-18(2)14-16-21)17-24(28)26-25-19(3)9-8-10-20(25)4/h6-16H,5,17H2,1-4H3,(H,26,28). The first-order valence-electron chi connectivity index (χ1n) is 10.4. The molecule has 3 aromatic rings. The predicted octanol–water partition coefficient (Wildman–Crippen LogP) is 4.84. The molecule has 3 aromatic carbocycles. The summed E-state index contributed by atoms with van der Waals surface area (Å²) in [5.74, 6) is -0.0463. The molecule has 0 heterocycles. The lowest BCUT2D eigenvalue weighted by Gasteiger charge is -2.26. The number of aryl methyl sites for hydroxylation is 3. The van der Waals surface area contributed by atoms with Gasteiger partial charge in [-0.1, -0.05) is 48.0 Å². The fraction of sp³-hybridized carbons (Fsp3) is 0.240. The molecule has 1 N–H and O–H groups in total. The highest BCUT2D eigenvalue weighted by Gasteiger charge is 2.29. The summed E-state index contributed by atoms with van der Waals surface area (Å²) in [7, 11) is -4.03. The maximum absolute atomic E-state index is 13.6. The number of nitrogens with one attached hydrogen (secondary N) is 1. The van der Waals surface area contributed by atoms with E-state index < -0.39 is 22.5 Å². The Labute approximate surface area is 189 Å². The van der Waals surface area contributed by atoms with Gasteiger partial charge in [0.25, 0.3) is 10.0 Å². The third-order valence-corrected chi connectivity index (χ3v) is 6.85. The molecule has 0 radical (unpaired) electrons. The Morgan fingerprint density at radius 2 is 1.53 bits per heavy atom. The van der Waals surface area contributed by atoms with E-state index in [0.717, 1.165) is 21.0 Å².